The zero-order valence-electron chi connectivity index (χ0n) is 11.2. The fourth-order valence-corrected chi connectivity index (χ4v) is 2.90. The summed E-state index contributed by atoms with van der Waals surface area (Å²) in [6.45, 7) is 4.48. The van der Waals surface area contributed by atoms with Gasteiger partial charge in [-0.2, -0.15) is 0 Å². The van der Waals surface area contributed by atoms with Gasteiger partial charge in [0.05, 0.1) is 12.0 Å². The maximum absolute atomic E-state index is 4.12. The quantitative estimate of drug-likeness (QED) is 0.795. The van der Waals surface area contributed by atoms with Crippen LogP contribution in [0.3, 0.4) is 0 Å². The molecule has 0 aliphatic heterocycles. The largest absolute Gasteiger partial charge is 0.337 e. The monoisotopic (exact) mass is 235 g/mol. The molecule has 1 N–H and O–H groups in total. The Labute approximate surface area is 105 Å². The van der Waals surface area contributed by atoms with Crippen LogP contribution >= 0.6 is 0 Å². The van der Waals surface area contributed by atoms with Crippen molar-refractivity contribution in [3.8, 4) is 0 Å². The molecule has 1 fully saturated rings. The van der Waals surface area contributed by atoms with Crippen LogP contribution in [-0.4, -0.2) is 16.1 Å². The molecule has 2 rings (SSSR count). The van der Waals surface area contributed by atoms with Gasteiger partial charge in [0, 0.05) is 19.8 Å². The van der Waals surface area contributed by atoms with Crippen molar-refractivity contribution in [2.75, 3.05) is 6.54 Å². The molecular formula is C14H25N3. The third-order valence-corrected chi connectivity index (χ3v) is 4.00. The summed E-state index contributed by atoms with van der Waals surface area (Å²) < 4.78 is 2.08. The summed E-state index contributed by atoms with van der Waals surface area (Å²) in [6.07, 6.45) is 10.9. The van der Waals surface area contributed by atoms with E-state index in [4.69, 9.17) is 0 Å². The molecular weight excluding hydrogens is 210 g/mol. The van der Waals surface area contributed by atoms with Crippen LogP contribution in [0.4, 0.5) is 0 Å². The lowest BCUT2D eigenvalue weighted by Crippen LogP contribution is -2.21. The molecule has 1 aromatic rings. The van der Waals surface area contributed by atoms with E-state index in [1.165, 1.54) is 37.8 Å². The van der Waals surface area contributed by atoms with E-state index in [-0.39, 0.29) is 0 Å². The van der Waals surface area contributed by atoms with E-state index in [0.717, 1.165) is 24.9 Å². The molecule has 96 valence electrons. The number of aryl methyl sites for hydroxylation is 1. The first-order valence-electron chi connectivity index (χ1n) is 6.91. The number of hydrogen-bond acceptors (Lipinski definition) is 2. The van der Waals surface area contributed by atoms with Crippen molar-refractivity contribution in [2.45, 2.75) is 45.6 Å². The molecule has 2 atom stereocenters. The average Bonchev–Trinajstić information content (AvgIpc) is 2.71. The Bertz CT molecular complexity index is 332. The van der Waals surface area contributed by atoms with Crippen LogP contribution < -0.4 is 5.32 Å². The molecule has 0 radical (unpaired) electrons. The lowest BCUT2D eigenvalue weighted by atomic mass is 9.81. The van der Waals surface area contributed by atoms with Crippen LogP contribution in [0.15, 0.2) is 12.5 Å². The topological polar surface area (TPSA) is 29.9 Å². The Kier molecular flexibility index (Phi) is 4.60. The van der Waals surface area contributed by atoms with Gasteiger partial charge in [0.2, 0.25) is 0 Å². The van der Waals surface area contributed by atoms with E-state index >= 15 is 0 Å². The molecule has 0 bridgehead atoms. The molecule has 2 unspecified atom stereocenters. The van der Waals surface area contributed by atoms with Gasteiger partial charge in [-0.1, -0.05) is 26.2 Å². The highest BCUT2D eigenvalue weighted by Gasteiger charge is 2.18. The summed E-state index contributed by atoms with van der Waals surface area (Å²) in [5, 5.41) is 3.53. The lowest BCUT2D eigenvalue weighted by Gasteiger charge is -2.26. The standard InChI is InChI=1S/C14H25N3/c1-12-4-3-5-13(8-12)6-7-15-9-14-10-16-11-17(14)2/h10-13,15H,3-9H2,1-2H3. The Morgan fingerprint density at radius 3 is 3.06 bits per heavy atom. The number of rotatable bonds is 5. The van der Waals surface area contributed by atoms with Crippen molar-refractivity contribution in [1.29, 1.82) is 0 Å². The van der Waals surface area contributed by atoms with Gasteiger partial charge < -0.3 is 9.88 Å². The molecule has 1 aliphatic carbocycles. The summed E-state index contributed by atoms with van der Waals surface area (Å²) in [6, 6.07) is 0. The number of nitrogens with zero attached hydrogens (tertiary/aromatic N) is 2. The van der Waals surface area contributed by atoms with Gasteiger partial charge in [-0.3, -0.25) is 0 Å². The van der Waals surface area contributed by atoms with Crippen LogP contribution in [0.25, 0.3) is 0 Å². The molecule has 0 aromatic carbocycles. The van der Waals surface area contributed by atoms with Crippen LogP contribution in [0.2, 0.25) is 0 Å². The zero-order valence-corrected chi connectivity index (χ0v) is 11.2. The van der Waals surface area contributed by atoms with Gasteiger partial charge in [-0.15, -0.1) is 0 Å². The van der Waals surface area contributed by atoms with Gasteiger partial charge in [0.25, 0.3) is 0 Å². The molecule has 1 aliphatic rings. The molecule has 0 amide bonds. The molecule has 0 spiro atoms. The Morgan fingerprint density at radius 2 is 2.35 bits per heavy atom. The van der Waals surface area contributed by atoms with E-state index in [1.54, 1.807) is 0 Å². The molecule has 17 heavy (non-hydrogen) atoms. The summed E-state index contributed by atoms with van der Waals surface area (Å²) in [4.78, 5) is 4.12. The second-order valence-electron chi connectivity index (χ2n) is 5.60. The van der Waals surface area contributed by atoms with Gasteiger partial charge in [0.1, 0.15) is 0 Å². The van der Waals surface area contributed by atoms with Crippen LogP contribution in [0.5, 0.6) is 0 Å². The van der Waals surface area contributed by atoms with Gasteiger partial charge in [-0.05, 0) is 31.2 Å². The van der Waals surface area contributed by atoms with Crippen LogP contribution in [0.1, 0.15) is 44.7 Å². The van der Waals surface area contributed by atoms with Gasteiger partial charge in [-0.25, -0.2) is 4.98 Å². The molecule has 1 aromatic heterocycles. The van der Waals surface area contributed by atoms with E-state index in [2.05, 4.69) is 21.8 Å². The van der Waals surface area contributed by atoms with Crippen molar-refractivity contribution >= 4 is 0 Å². The Balaban J connectivity index is 1.61. The minimum Gasteiger partial charge on any atom is -0.337 e. The minimum absolute atomic E-state index is 0.943. The highest BCUT2D eigenvalue weighted by atomic mass is 15.0. The minimum atomic E-state index is 0.943. The third-order valence-electron chi connectivity index (χ3n) is 4.00. The second-order valence-corrected chi connectivity index (χ2v) is 5.60. The fourth-order valence-electron chi connectivity index (χ4n) is 2.90. The number of hydrogen-bond donors (Lipinski definition) is 1. The van der Waals surface area contributed by atoms with E-state index in [1.807, 2.05) is 19.6 Å². The summed E-state index contributed by atoms with van der Waals surface area (Å²) in [5.41, 5.74) is 1.27. The maximum atomic E-state index is 4.12. The van der Waals surface area contributed by atoms with Gasteiger partial charge >= 0.3 is 0 Å². The highest BCUT2D eigenvalue weighted by molar-refractivity contribution is 4.96. The second kappa shape index (κ2) is 6.20. The van der Waals surface area contributed by atoms with E-state index in [9.17, 15) is 0 Å². The Morgan fingerprint density at radius 1 is 1.47 bits per heavy atom. The SMILES string of the molecule is CC1CCCC(CCNCc2cncn2C)C1. The summed E-state index contributed by atoms with van der Waals surface area (Å²) >= 11 is 0. The number of imidazole rings is 1. The maximum Gasteiger partial charge on any atom is 0.0945 e. The van der Waals surface area contributed by atoms with Crippen molar-refractivity contribution < 1.29 is 0 Å². The van der Waals surface area contributed by atoms with E-state index in [0.29, 0.717) is 0 Å². The highest BCUT2D eigenvalue weighted by Crippen LogP contribution is 2.30. The fraction of sp³-hybridized carbons (Fsp3) is 0.786. The van der Waals surface area contributed by atoms with Crippen LogP contribution in [0, 0.1) is 11.8 Å². The normalized spacial score (nSPS) is 25.1. The van der Waals surface area contributed by atoms with Gasteiger partial charge in [0.15, 0.2) is 0 Å². The van der Waals surface area contributed by atoms with E-state index < -0.39 is 0 Å². The molecule has 0 saturated heterocycles. The smallest absolute Gasteiger partial charge is 0.0945 e. The molecule has 1 saturated carbocycles. The predicted molar refractivity (Wildman–Crippen MR) is 70.7 cm³/mol. The van der Waals surface area contributed by atoms with Crippen molar-refractivity contribution in [3.05, 3.63) is 18.2 Å². The van der Waals surface area contributed by atoms with Crippen molar-refractivity contribution in [1.82, 2.24) is 14.9 Å². The first-order chi connectivity index (χ1) is 8.25. The lowest BCUT2D eigenvalue weighted by molar-refractivity contribution is 0.267. The third kappa shape index (κ3) is 3.84. The average molecular weight is 235 g/mol. The molecule has 3 heteroatoms. The zero-order chi connectivity index (χ0) is 12.1. The number of aromatic nitrogens is 2. The first kappa shape index (κ1) is 12.6. The summed E-state index contributed by atoms with van der Waals surface area (Å²) in [5.74, 6) is 1.91. The van der Waals surface area contributed by atoms with Crippen molar-refractivity contribution in [3.63, 3.8) is 0 Å². The first-order valence-corrected chi connectivity index (χ1v) is 6.91. The predicted octanol–water partition coefficient (Wildman–Crippen LogP) is 2.73. The number of nitrogens with one attached hydrogen (secondary N) is 1. The Hall–Kier alpha value is -0.830. The van der Waals surface area contributed by atoms with Crippen molar-refractivity contribution in [2.24, 2.45) is 18.9 Å². The molecule has 1 heterocycles. The molecule has 3 nitrogen and oxygen atoms in total. The van der Waals surface area contributed by atoms with Crippen LogP contribution in [-0.2, 0) is 13.6 Å². The summed E-state index contributed by atoms with van der Waals surface area (Å²) in [7, 11) is 2.05.